The lowest BCUT2D eigenvalue weighted by Gasteiger charge is -2.33. The Balaban J connectivity index is 1.68. The first-order valence-electron chi connectivity index (χ1n) is 6.70. The highest BCUT2D eigenvalue weighted by Crippen LogP contribution is 2.20. The van der Waals surface area contributed by atoms with Crippen LogP contribution in [0.4, 0.5) is 5.95 Å². The maximum atomic E-state index is 6.20. The zero-order valence-corrected chi connectivity index (χ0v) is 11.8. The van der Waals surface area contributed by atoms with Crippen LogP contribution in [-0.4, -0.2) is 35.8 Å². The van der Waals surface area contributed by atoms with Gasteiger partial charge in [0.2, 0.25) is 5.95 Å². The van der Waals surface area contributed by atoms with E-state index in [1.165, 1.54) is 0 Å². The highest BCUT2D eigenvalue weighted by molar-refractivity contribution is 6.31. The molecule has 1 aliphatic rings. The number of hydrogen-bond acceptors (Lipinski definition) is 4. The van der Waals surface area contributed by atoms with Gasteiger partial charge in [0.1, 0.15) is 0 Å². The van der Waals surface area contributed by atoms with Crippen molar-refractivity contribution >= 4 is 17.5 Å². The molecule has 0 aliphatic carbocycles. The van der Waals surface area contributed by atoms with Crippen LogP contribution in [0.3, 0.4) is 0 Å². The fraction of sp³-hybridized carbons (Fsp3) is 0.333. The van der Waals surface area contributed by atoms with E-state index in [0.717, 1.165) is 36.0 Å². The number of anilines is 1. The molecule has 1 aliphatic heterocycles. The first kappa shape index (κ1) is 13.3. The van der Waals surface area contributed by atoms with E-state index in [1.54, 1.807) is 12.4 Å². The predicted octanol–water partition coefficient (Wildman–Crippen LogP) is 2.58. The van der Waals surface area contributed by atoms with Crippen molar-refractivity contribution in [1.82, 2.24) is 9.97 Å². The lowest BCUT2D eigenvalue weighted by Crippen LogP contribution is -2.44. The largest absolute Gasteiger partial charge is 0.374 e. The molecule has 1 saturated heterocycles. The van der Waals surface area contributed by atoms with Crippen molar-refractivity contribution in [3.63, 3.8) is 0 Å². The average molecular weight is 290 g/mol. The van der Waals surface area contributed by atoms with E-state index in [9.17, 15) is 0 Å². The van der Waals surface area contributed by atoms with Gasteiger partial charge in [0.05, 0.1) is 12.7 Å². The molecule has 1 aromatic carbocycles. The van der Waals surface area contributed by atoms with Crippen LogP contribution in [0.2, 0.25) is 5.02 Å². The van der Waals surface area contributed by atoms with Crippen molar-refractivity contribution in [2.24, 2.45) is 0 Å². The minimum atomic E-state index is 0.118. The monoisotopic (exact) mass is 289 g/mol. The van der Waals surface area contributed by atoms with Crippen LogP contribution < -0.4 is 4.90 Å². The molecule has 0 bridgehead atoms. The lowest BCUT2D eigenvalue weighted by atomic mass is 10.1. The Morgan fingerprint density at radius 1 is 1.20 bits per heavy atom. The second-order valence-electron chi connectivity index (χ2n) is 4.78. The minimum absolute atomic E-state index is 0.118. The topological polar surface area (TPSA) is 38.2 Å². The molecule has 104 valence electrons. The average Bonchev–Trinajstić information content (AvgIpc) is 2.51. The molecule has 20 heavy (non-hydrogen) atoms. The Kier molecular flexibility index (Phi) is 4.14. The Morgan fingerprint density at radius 2 is 2.00 bits per heavy atom. The molecule has 0 saturated carbocycles. The van der Waals surface area contributed by atoms with E-state index in [1.807, 2.05) is 30.3 Å². The Hall–Kier alpha value is -1.65. The number of ether oxygens (including phenoxy) is 1. The van der Waals surface area contributed by atoms with E-state index < -0.39 is 0 Å². The second-order valence-corrected chi connectivity index (χ2v) is 5.19. The summed E-state index contributed by atoms with van der Waals surface area (Å²) in [6.07, 6.45) is 4.46. The number of morpholine rings is 1. The smallest absolute Gasteiger partial charge is 0.225 e. The summed E-state index contributed by atoms with van der Waals surface area (Å²) < 4.78 is 5.83. The third-order valence-electron chi connectivity index (χ3n) is 3.38. The molecule has 1 fully saturated rings. The van der Waals surface area contributed by atoms with Crippen LogP contribution >= 0.6 is 11.6 Å². The van der Waals surface area contributed by atoms with E-state index in [4.69, 9.17) is 16.3 Å². The van der Waals surface area contributed by atoms with Gasteiger partial charge in [-0.3, -0.25) is 0 Å². The molecule has 0 spiro atoms. The number of nitrogens with zero attached hydrogens (tertiary/aromatic N) is 3. The number of rotatable bonds is 3. The molecular formula is C15H16ClN3O. The van der Waals surface area contributed by atoms with Crippen LogP contribution in [0.15, 0.2) is 42.7 Å². The van der Waals surface area contributed by atoms with Crippen LogP contribution in [0.25, 0.3) is 0 Å². The fourth-order valence-electron chi connectivity index (χ4n) is 2.39. The van der Waals surface area contributed by atoms with Crippen molar-refractivity contribution in [3.05, 3.63) is 53.3 Å². The second kappa shape index (κ2) is 6.20. The molecule has 1 atom stereocenters. The molecule has 2 heterocycles. The molecule has 5 heteroatoms. The van der Waals surface area contributed by atoms with Crippen LogP contribution in [0.5, 0.6) is 0 Å². The zero-order chi connectivity index (χ0) is 13.8. The number of halogens is 1. The van der Waals surface area contributed by atoms with Gasteiger partial charge >= 0.3 is 0 Å². The Bertz CT molecular complexity index is 564. The quantitative estimate of drug-likeness (QED) is 0.870. The number of benzene rings is 1. The molecule has 1 aromatic heterocycles. The molecule has 2 aromatic rings. The molecule has 3 rings (SSSR count). The van der Waals surface area contributed by atoms with Gasteiger partial charge in [0, 0.05) is 36.9 Å². The summed E-state index contributed by atoms with van der Waals surface area (Å²) in [4.78, 5) is 10.7. The third kappa shape index (κ3) is 3.08. The molecule has 0 amide bonds. The highest BCUT2D eigenvalue weighted by Gasteiger charge is 2.22. The summed E-state index contributed by atoms with van der Waals surface area (Å²) >= 11 is 6.20. The Labute approximate surface area is 123 Å². The van der Waals surface area contributed by atoms with Crippen LogP contribution in [0.1, 0.15) is 5.56 Å². The van der Waals surface area contributed by atoms with Crippen molar-refractivity contribution in [1.29, 1.82) is 0 Å². The van der Waals surface area contributed by atoms with Crippen molar-refractivity contribution < 1.29 is 4.74 Å². The molecule has 0 N–H and O–H groups in total. The van der Waals surface area contributed by atoms with Gasteiger partial charge in [0.25, 0.3) is 0 Å². The molecular weight excluding hydrogens is 274 g/mol. The fourth-order valence-corrected chi connectivity index (χ4v) is 2.60. The molecule has 0 radical (unpaired) electrons. The first-order valence-corrected chi connectivity index (χ1v) is 7.08. The van der Waals surface area contributed by atoms with E-state index in [0.29, 0.717) is 6.61 Å². The summed E-state index contributed by atoms with van der Waals surface area (Å²) in [6, 6.07) is 9.73. The summed E-state index contributed by atoms with van der Waals surface area (Å²) in [5.41, 5.74) is 1.12. The van der Waals surface area contributed by atoms with Crippen LogP contribution in [0, 0.1) is 0 Å². The van der Waals surface area contributed by atoms with Gasteiger partial charge in [-0.05, 0) is 17.7 Å². The summed E-state index contributed by atoms with van der Waals surface area (Å²) in [5.74, 6) is 0.764. The van der Waals surface area contributed by atoms with Crippen molar-refractivity contribution in [3.8, 4) is 0 Å². The van der Waals surface area contributed by atoms with Crippen molar-refractivity contribution in [2.45, 2.75) is 12.5 Å². The zero-order valence-electron chi connectivity index (χ0n) is 11.1. The minimum Gasteiger partial charge on any atom is -0.374 e. The van der Waals surface area contributed by atoms with Gasteiger partial charge in [-0.1, -0.05) is 29.8 Å². The number of hydrogen-bond donors (Lipinski definition) is 0. The standard InChI is InChI=1S/C15H16ClN3O/c16-14-5-2-1-4-12(14)10-13-11-19(8-9-20-13)15-17-6-3-7-18-15/h1-7,13H,8-11H2/t13-/m1/s1. The first-order chi connectivity index (χ1) is 9.83. The predicted molar refractivity (Wildman–Crippen MR) is 79.1 cm³/mol. The number of aromatic nitrogens is 2. The normalized spacial score (nSPS) is 19.1. The SMILES string of the molecule is Clc1ccccc1C[C@@H]1CN(c2ncccn2)CCO1. The Morgan fingerprint density at radius 3 is 2.80 bits per heavy atom. The van der Waals surface area contributed by atoms with E-state index in [-0.39, 0.29) is 6.10 Å². The van der Waals surface area contributed by atoms with Gasteiger partial charge in [-0.2, -0.15) is 0 Å². The van der Waals surface area contributed by atoms with Gasteiger partial charge in [-0.15, -0.1) is 0 Å². The van der Waals surface area contributed by atoms with Crippen molar-refractivity contribution in [2.75, 3.05) is 24.6 Å². The summed E-state index contributed by atoms with van der Waals surface area (Å²) in [6.45, 7) is 2.30. The summed E-state index contributed by atoms with van der Waals surface area (Å²) in [5, 5.41) is 0.796. The third-order valence-corrected chi connectivity index (χ3v) is 3.75. The van der Waals surface area contributed by atoms with Gasteiger partial charge < -0.3 is 9.64 Å². The van der Waals surface area contributed by atoms with Gasteiger partial charge in [0.15, 0.2) is 0 Å². The van der Waals surface area contributed by atoms with Gasteiger partial charge in [-0.25, -0.2) is 9.97 Å². The highest BCUT2D eigenvalue weighted by atomic mass is 35.5. The maximum absolute atomic E-state index is 6.20. The summed E-state index contributed by atoms with van der Waals surface area (Å²) in [7, 11) is 0. The lowest BCUT2D eigenvalue weighted by molar-refractivity contribution is 0.0405. The van der Waals surface area contributed by atoms with E-state index >= 15 is 0 Å². The van der Waals surface area contributed by atoms with E-state index in [2.05, 4.69) is 14.9 Å². The molecule has 0 unspecified atom stereocenters. The van der Waals surface area contributed by atoms with Crippen LogP contribution in [-0.2, 0) is 11.2 Å². The maximum Gasteiger partial charge on any atom is 0.225 e. The molecule has 4 nitrogen and oxygen atoms in total.